The van der Waals surface area contributed by atoms with Crippen molar-refractivity contribution in [3.63, 3.8) is 0 Å². The quantitative estimate of drug-likeness (QED) is 0.877. The highest BCUT2D eigenvalue weighted by Gasteiger charge is 2.14. The molecule has 1 N–H and O–H groups in total. The molecule has 0 aliphatic heterocycles. The fourth-order valence-corrected chi connectivity index (χ4v) is 2.60. The molecular weight excluding hydrogens is 256 g/mol. The van der Waals surface area contributed by atoms with Gasteiger partial charge in [0.25, 0.3) is 0 Å². The second-order valence-corrected chi connectivity index (χ2v) is 5.13. The van der Waals surface area contributed by atoms with Gasteiger partial charge in [-0.15, -0.1) is 11.3 Å². The zero-order valence-electron chi connectivity index (χ0n) is 10.8. The van der Waals surface area contributed by atoms with E-state index in [2.05, 4.69) is 22.8 Å². The maximum atomic E-state index is 8.91. The summed E-state index contributed by atoms with van der Waals surface area (Å²) in [5.41, 5.74) is 0.621. The Kier molecular flexibility index (Phi) is 4.96. The molecule has 1 unspecified atom stereocenters. The first-order valence-electron chi connectivity index (χ1n) is 6.18. The molecule has 4 heteroatoms. The molecule has 0 bridgehead atoms. The third-order valence-electron chi connectivity index (χ3n) is 2.76. The predicted molar refractivity (Wildman–Crippen MR) is 77.4 cm³/mol. The summed E-state index contributed by atoms with van der Waals surface area (Å²) < 4.78 is 6.02. The monoisotopic (exact) mass is 272 g/mol. The number of hydrogen-bond donors (Lipinski definition) is 1. The van der Waals surface area contributed by atoms with Gasteiger partial charge in [0.2, 0.25) is 0 Å². The Morgan fingerprint density at radius 1 is 1.37 bits per heavy atom. The van der Waals surface area contributed by atoms with E-state index < -0.39 is 0 Å². The number of nitrogens with zero attached hydrogens (tertiary/aromatic N) is 1. The van der Waals surface area contributed by atoms with E-state index in [1.54, 1.807) is 23.5 Å². The molecule has 0 aliphatic carbocycles. The van der Waals surface area contributed by atoms with E-state index in [-0.39, 0.29) is 6.10 Å². The summed E-state index contributed by atoms with van der Waals surface area (Å²) >= 11 is 1.69. The van der Waals surface area contributed by atoms with Gasteiger partial charge in [-0.3, -0.25) is 0 Å². The van der Waals surface area contributed by atoms with Crippen molar-refractivity contribution in [2.45, 2.75) is 12.5 Å². The van der Waals surface area contributed by atoms with Crippen LogP contribution in [0.3, 0.4) is 0 Å². The van der Waals surface area contributed by atoms with Gasteiger partial charge in [0, 0.05) is 11.3 Å². The van der Waals surface area contributed by atoms with E-state index in [0.717, 1.165) is 18.7 Å². The molecule has 1 aromatic heterocycles. The molecule has 1 atom stereocenters. The molecule has 0 aliphatic rings. The summed E-state index contributed by atoms with van der Waals surface area (Å²) in [4.78, 5) is 1.21. The normalized spacial score (nSPS) is 11.8. The molecule has 1 heterocycles. The third-order valence-corrected chi connectivity index (χ3v) is 3.72. The minimum Gasteiger partial charge on any atom is -0.485 e. The van der Waals surface area contributed by atoms with Gasteiger partial charge in [0.1, 0.15) is 11.9 Å². The molecule has 98 valence electrons. The van der Waals surface area contributed by atoms with Crippen molar-refractivity contribution in [1.29, 1.82) is 5.26 Å². The minimum absolute atomic E-state index is 0.0291. The van der Waals surface area contributed by atoms with Crippen molar-refractivity contribution in [3.8, 4) is 11.8 Å². The zero-order chi connectivity index (χ0) is 13.5. The van der Waals surface area contributed by atoms with Crippen LogP contribution >= 0.6 is 11.3 Å². The van der Waals surface area contributed by atoms with Crippen molar-refractivity contribution < 1.29 is 4.74 Å². The van der Waals surface area contributed by atoms with Gasteiger partial charge in [-0.25, -0.2) is 0 Å². The first-order chi connectivity index (χ1) is 9.33. The summed E-state index contributed by atoms with van der Waals surface area (Å²) in [7, 11) is 1.93. The molecule has 0 saturated carbocycles. The lowest BCUT2D eigenvalue weighted by Gasteiger charge is -2.18. The third kappa shape index (κ3) is 3.82. The molecule has 1 aromatic carbocycles. The Morgan fingerprint density at radius 2 is 2.26 bits per heavy atom. The van der Waals surface area contributed by atoms with E-state index in [0.29, 0.717) is 5.56 Å². The van der Waals surface area contributed by atoms with Crippen molar-refractivity contribution in [2.75, 3.05) is 13.6 Å². The van der Waals surface area contributed by atoms with Crippen LogP contribution in [0.5, 0.6) is 5.75 Å². The molecule has 0 amide bonds. The predicted octanol–water partition coefficient (Wildman–Crippen LogP) is 3.35. The average Bonchev–Trinajstić information content (AvgIpc) is 2.97. The number of rotatable bonds is 6. The van der Waals surface area contributed by atoms with Gasteiger partial charge in [0.05, 0.1) is 11.6 Å². The Morgan fingerprint density at radius 3 is 2.95 bits per heavy atom. The summed E-state index contributed by atoms with van der Waals surface area (Å²) in [5, 5.41) is 14.1. The number of thiophene rings is 1. The molecule has 0 radical (unpaired) electrons. The van der Waals surface area contributed by atoms with E-state index in [1.165, 1.54) is 4.88 Å². The number of hydrogen-bond acceptors (Lipinski definition) is 4. The van der Waals surface area contributed by atoms with Crippen LogP contribution < -0.4 is 10.1 Å². The molecule has 2 rings (SSSR count). The van der Waals surface area contributed by atoms with E-state index in [4.69, 9.17) is 10.00 Å². The lowest BCUT2D eigenvalue weighted by Crippen LogP contribution is -2.15. The van der Waals surface area contributed by atoms with Gasteiger partial charge in [-0.2, -0.15) is 5.26 Å². The molecule has 0 spiro atoms. The molecule has 19 heavy (non-hydrogen) atoms. The largest absolute Gasteiger partial charge is 0.485 e. The van der Waals surface area contributed by atoms with Crippen LogP contribution in [-0.4, -0.2) is 13.6 Å². The first-order valence-corrected chi connectivity index (χ1v) is 7.06. The number of ether oxygens (including phenoxy) is 1. The van der Waals surface area contributed by atoms with E-state index in [9.17, 15) is 0 Å². The van der Waals surface area contributed by atoms with Gasteiger partial charge in [-0.05, 0) is 43.2 Å². The van der Waals surface area contributed by atoms with Crippen LogP contribution in [0.4, 0.5) is 0 Å². The van der Waals surface area contributed by atoms with E-state index >= 15 is 0 Å². The Labute approximate surface area is 117 Å². The summed E-state index contributed by atoms with van der Waals surface area (Å²) in [6, 6.07) is 13.5. The summed E-state index contributed by atoms with van der Waals surface area (Å²) in [5.74, 6) is 0.744. The molecule has 0 saturated heterocycles. The SMILES string of the molecule is CNCCC(Oc1cccc(C#N)c1)c1cccs1. The van der Waals surface area contributed by atoms with Gasteiger partial charge in [-0.1, -0.05) is 12.1 Å². The Bertz CT molecular complexity index is 546. The second kappa shape index (κ2) is 6.93. The van der Waals surface area contributed by atoms with Crippen molar-refractivity contribution >= 4 is 11.3 Å². The van der Waals surface area contributed by atoms with Crippen LogP contribution in [0.15, 0.2) is 41.8 Å². The molecule has 0 fully saturated rings. The summed E-state index contributed by atoms with van der Waals surface area (Å²) in [6.45, 7) is 0.889. The number of nitriles is 1. The molecule has 2 aromatic rings. The summed E-state index contributed by atoms with van der Waals surface area (Å²) in [6.07, 6.45) is 0.926. The zero-order valence-corrected chi connectivity index (χ0v) is 11.6. The van der Waals surface area contributed by atoms with Crippen LogP contribution in [0.25, 0.3) is 0 Å². The molecular formula is C15H16N2OS. The van der Waals surface area contributed by atoms with Crippen molar-refractivity contribution in [1.82, 2.24) is 5.32 Å². The Balaban J connectivity index is 2.13. The minimum atomic E-state index is 0.0291. The first kappa shape index (κ1) is 13.6. The highest BCUT2D eigenvalue weighted by molar-refractivity contribution is 7.10. The molecule has 3 nitrogen and oxygen atoms in total. The fourth-order valence-electron chi connectivity index (χ4n) is 1.81. The second-order valence-electron chi connectivity index (χ2n) is 4.15. The standard InChI is InChI=1S/C15H16N2OS/c1-17-8-7-14(15-6-3-9-19-15)18-13-5-2-4-12(10-13)11-16/h2-6,9-10,14,17H,7-8H2,1H3. The van der Waals surface area contributed by atoms with E-state index in [1.807, 2.05) is 25.2 Å². The van der Waals surface area contributed by atoms with Gasteiger partial charge < -0.3 is 10.1 Å². The van der Waals surface area contributed by atoms with Crippen molar-refractivity contribution in [3.05, 3.63) is 52.2 Å². The lowest BCUT2D eigenvalue weighted by atomic mass is 10.2. The Hall–Kier alpha value is -1.83. The van der Waals surface area contributed by atoms with Crippen LogP contribution in [0, 0.1) is 11.3 Å². The van der Waals surface area contributed by atoms with Crippen LogP contribution in [0.2, 0.25) is 0 Å². The van der Waals surface area contributed by atoms with Gasteiger partial charge in [0.15, 0.2) is 0 Å². The fraction of sp³-hybridized carbons (Fsp3) is 0.267. The van der Waals surface area contributed by atoms with Crippen LogP contribution in [0.1, 0.15) is 23.0 Å². The highest BCUT2D eigenvalue weighted by atomic mass is 32.1. The smallest absolute Gasteiger partial charge is 0.134 e. The number of nitrogens with one attached hydrogen (secondary N) is 1. The topological polar surface area (TPSA) is 45.0 Å². The number of benzene rings is 1. The van der Waals surface area contributed by atoms with Gasteiger partial charge >= 0.3 is 0 Å². The van der Waals surface area contributed by atoms with Crippen LogP contribution in [-0.2, 0) is 0 Å². The maximum absolute atomic E-state index is 8.91. The van der Waals surface area contributed by atoms with Crippen molar-refractivity contribution in [2.24, 2.45) is 0 Å². The highest BCUT2D eigenvalue weighted by Crippen LogP contribution is 2.28. The lowest BCUT2D eigenvalue weighted by molar-refractivity contribution is 0.198. The average molecular weight is 272 g/mol. The maximum Gasteiger partial charge on any atom is 0.134 e.